The lowest BCUT2D eigenvalue weighted by atomic mass is 10.0. The van der Waals surface area contributed by atoms with Crippen LogP contribution in [-0.4, -0.2) is 22.1 Å². The molecule has 0 aromatic carbocycles. The van der Waals surface area contributed by atoms with E-state index >= 15 is 0 Å². The molecule has 8 heteroatoms. The summed E-state index contributed by atoms with van der Waals surface area (Å²) in [7, 11) is -1.25. The van der Waals surface area contributed by atoms with Crippen LogP contribution >= 0.6 is 0 Å². The van der Waals surface area contributed by atoms with Crippen LogP contribution in [0.15, 0.2) is 10.9 Å². The zero-order valence-electron chi connectivity index (χ0n) is 11.0. The Labute approximate surface area is 111 Å². The molecule has 0 aliphatic heterocycles. The van der Waals surface area contributed by atoms with Gasteiger partial charge in [0, 0.05) is 6.42 Å². The first-order valence-corrected chi connectivity index (χ1v) is 6.92. The maximum Gasteiger partial charge on any atom is 0.497 e. The number of rotatable bonds is 0. The Morgan fingerprint density at radius 2 is 2.00 bits per heavy atom. The third kappa shape index (κ3) is 3.98. The minimum atomic E-state index is -4.92. The van der Waals surface area contributed by atoms with Crippen molar-refractivity contribution in [2.75, 3.05) is 0 Å². The first-order valence-electron chi connectivity index (χ1n) is 5.56. The number of allylic oxidation sites excluding steroid dienone is 1. The zero-order chi connectivity index (χ0) is 14.8. The van der Waals surface area contributed by atoms with Gasteiger partial charge in [-0.25, -0.2) is 8.42 Å². The molecular formula is C11H16N2O5S. The first kappa shape index (κ1) is 15.5. The number of fused-ring (bicyclic) bond motifs is 1. The summed E-state index contributed by atoms with van der Waals surface area (Å²) in [6, 6.07) is 0. The van der Waals surface area contributed by atoms with Crippen molar-refractivity contribution in [2.24, 2.45) is 14.1 Å². The van der Waals surface area contributed by atoms with E-state index in [1.807, 2.05) is 21.0 Å². The van der Waals surface area contributed by atoms with Crippen molar-refractivity contribution in [3.63, 3.8) is 0 Å². The lowest BCUT2D eigenvalue weighted by Crippen LogP contribution is -2.55. The van der Waals surface area contributed by atoms with Gasteiger partial charge < -0.3 is 4.55 Å². The fourth-order valence-electron chi connectivity index (χ4n) is 1.99. The molecule has 0 atom stereocenters. The predicted molar refractivity (Wildman–Crippen MR) is 67.3 cm³/mol. The summed E-state index contributed by atoms with van der Waals surface area (Å²) >= 11 is 0. The van der Waals surface area contributed by atoms with Crippen LogP contribution in [0.4, 0.5) is 0 Å². The van der Waals surface area contributed by atoms with Gasteiger partial charge in [0.15, 0.2) is 0 Å². The van der Waals surface area contributed by atoms with Crippen LogP contribution in [0.2, 0.25) is 0 Å². The Hall–Kier alpha value is -1.51. The van der Waals surface area contributed by atoms with Gasteiger partial charge in [-0.3, -0.25) is 4.55 Å². The quantitative estimate of drug-likeness (QED) is 0.393. The molecule has 0 saturated heterocycles. The number of aromatic nitrogens is 2. The van der Waals surface area contributed by atoms with Crippen molar-refractivity contribution >= 4 is 16.5 Å². The maximum atomic E-state index is 11.8. The third-order valence-electron chi connectivity index (χ3n) is 3.01. The largest absolute Gasteiger partial charge is 0.726 e. The van der Waals surface area contributed by atoms with Gasteiger partial charge >= 0.3 is 5.69 Å². The molecule has 1 aliphatic carbocycles. The standard InChI is InChI=1S/C11H15N2O.H2O4S/c1-8-9-6-4-5-7-10(9)13(3)11(14)12(8)2;1-5(2,3)4/h4,6H,5,7H2,1-3H3;(H2,1,2,3,4)/q+1;/p-1. The highest BCUT2D eigenvalue weighted by atomic mass is 32.3. The second-order valence-corrected chi connectivity index (χ2v) is 5.07. The van der Waals surface area contributed by atoms with Crippen LogP contribution in [-0.2, 0) is 30.9 Å². The van der Waals surface area contributed by atoms with E-state index in [9.17, 15) is 4.79 Å². The first-order chi connectivity index (χ1) is 8.63. The van der Waals surface area contributed by atoms with Gasteiger partial charge in [0.2, 0.25) is 10.4 Å². The summed E-state index contributed by atoms with van der Waals surface area (Å²) in [5, 5.41) is 0. The average molecular weight is 288 g/mol. The Kier molecular flexibility index (Phi) is 4.61. The van der Waals surface area contributed by atoms with Crippen LogP contribution in [0.1, 0.15) is 23.4 Å². The Morgan fingerprint density at radius 1 is 1.47 bits per heavy atom. The molecule has 1 aromatic heterocycles. The molecule has 0 fully saturated rings. The van der Waals surface area contributed by atoms with Gasteiger partial charge in [-0.05, 0) is 13.3 Å². The van der Waals surface area contributed by atoms with Gasteiger partial charge in [-0.2, -0.15) is 13.9 Å². The predicted octanol–water partition coefficient (Wildman–Crippen LogP) is -0.518. The average Bonchev–Trinajstić information content (AvgIpc) is 2.32. The lowest BCUT2D eigenvalue weighted by molar-refractivity contribution is -0.698. The van der Waals surface area contributed by atoms with E-state index in [2.05, 4.69) is 12.2 Å². The van der Waals surface area contributed by atoms with Crippen LogP contribution in [0.5, 0.6) is 0 Å². The molecule has 106 valence electrons. The summed E-state index contributed by atoms with van der Waals surface area (Å²) in [6.07, 6.45) is 6.29. The topological polar surface area (TPSA) is 103 Å². The molecule has 0 unspecified atom stereocenters. The van der Waals surface area contributed by atoms with Gasteiger partial charge in [-0.15, -0.1) is 0 Å². The van der Waals surface area contributed by atoms with E-state index in [0.717, 1.165) is 24.2 Å². The molecule has 2 rings (SSSR count). The van der Waals surface area contributed by atoms with E-state index in [1.54, 1.807) is 9.13 Å². The van der Waals surface area contributed by atoms with E-state index in [4.69, 9.17) is 17.5 Å². The van der Waals surface area contributed by atoms with Gasteiger partial charge in [-0.1, -0.05) is 12.2 Å². The van der Waals surface area contributed by atoms with Crippen molar-refractivity contribution in [2.45, 2.75) is 19.8 Å². The van der Waals surface area contributed by atoms with E-state index in [-0.39, 0.29) is 5.69 Å². The molecule has 0 saturated carbocycles. The Morgan fingerprint density at radius 3 is 2.53 bits per heavy atom. The molecule has 0 bridgehead atoms. The molecule has 19 heavy (non-hydrogen) atoms. The van der Waals surface area contributed by atoms with Crippen molar-refractivity contribution in [3.8, 4) is 0 Å². The van der Waals surface area contributed by atoms with Crippen LogP contribution in [0.25, 0.3) is 6.08 Å². The summed E-state index contributed by atoms with van der Waals surface area (Å²) in [5.74, 6) is 0. The molecule has 0 spiro atoms. The molecule has 7 nitrogen and oxygen atoms in total. The highest BCUT2D eigenvalue weighted by Crippen LogP contribution is 2.17. The van der Waals surface area contributed by atoms with Crippen molar-refractivity contribution in [1.82, 2.24) is 4.57 Å². The number of hydrogen-bond donors (Lipinski definition) is 1. The molecule has 0 radical (unpaired) electrons. The van der Waals surface area contributed by atoms with Gasteiger partial charge in [0.1, 0.15) is 11.4 Å². The maximum absolute atomic E-state index is 11.8. The van der Waals surface area contributed by atoms with Crippen LogP contribution < -0.4 is 10.3 Å². The minimum absolute atomic E-state index is 0.0663. The van der Waals surface area contributed by atoms with Gasteiger partial charge in [0.05, 0.1) is 19.7 Å². The number of hydrogen-bond acceptors (Lipinski definition) is 4. The van der Waals surface area contributed by atoms with Crippen LogP contribution in [0, 0.1) is 6.92 Å². The van der Waals surface area contributed by atoms with Crippen LogP contribution in [0.3, 0.4) is 0 Å². The Bertz CT molecular complexity index is 665. The van der Waals surface area contributed by atoms with E-state index < -0.39 is 10.4 Å². The second kappa shape index (κ2) is 5.64. The molecule has 0 amide bonds. The highest BCUT2D eigenvalue weighted by Gasteiger charge is 2.20. The van der Waals surface area contributed by atoms with E-state index in [1.165, 1.54) is 5.56 Å². The van der Waals surface area contributed by atoms with Crippen molar-refractivity contribution < 1.29 is 22.1 Å². The molecular weight excluding hydrogens is 272 g/mol. The minimum Gasteiger partial charge on any atom is -0.726 e. The fraction of sp³-hybridized carbons (Fsp3) is 0.455. The molecule has 1 aromatic rings. The lowest BCUT2D eigenvalue weighted by Gasteiger charge is -2.12. The summed E-state index contributed by atoms with van der Waals surface area (Å²) in [5.41, 5.74) is 3.49. The Balaban J connectivity index is 0.000000312. The zero-order valence-corrected chi connectivity index (χ0v) is 11.8. The SMILES string of the molecule is Cc1c2c([n+](C)c(=O)n1C)CCC=C2.O=S(=O)([O-])O. The van der Waals surface area contributed by atoms with Crippen molar-refractivity contribution in [1.29, 1.82) is 0 Å². The second-order valence-electron chi connectivity index (χ2n) is 4.22. The summed E-state index contributed by atoms with van der Waals surface area (Å²) in [4.78, 5) is 11.8. The van der Waals surface area contributed by atoms with Gasteiger partial charge in [0.25, 0.3) is 0 Å². The number of nitrogens with zero attached hydrogens (tertiary/aromatic N) is 2. The fourth-order valence-corrected chi connectivity index (χ4v) is 1.99. The smallest absolute Gasteiger partial charge is 0.497 e. The van der Waals surface area contributed by atoms with E-state index in [0.29, 0.717) is 0 Å². The molecule has 1 heterocycles. The summed E-state index contributed by atoms with van der Waals surface area (Å²) in [6.45, 7) is 2.00. The third-order valence-corrected chi connectivity index (χ3v) is 3.01. The normalized spacial score (nSPS) is 13.5. The highest BCUT2D eigenvalue weighted by molar-refractivity contribution is 7.79. The summed E-state index contributed by atoms with van der Waals surface area (Å²) < 4.78 is 36.3. The van der Waals surface area contributed by atoms with Crippen molar-refractivity contribution in [3.05, 3.63) is 33.5 Å². The monoisotopic (exact) mass is 288 g/mol. The molecule has 1 aliphatic rings. The molecule has 1 N–H and O–H groups in total.